The van der Waals surface area contributed by atoms with Gasteiger partial charge in [0.15, 0.2) is 0 Å². The Kier molecular flexibility index (Phi) is 9.84. The number of hydrogen-bond donors (Lipinski definition) is 2. The minimum Gasteiger partial charge on any atom is -0.310 e. The average Bonchev–Trinajstić information content (AvgIpc) is 2.96. The van der Waals surface area contributed by atoms with Gasteiger partial charge in [-0.15, -0.1) is 0 Å². The lowest BCUT2D eigenvalue weighted by atomic mass is 9.96. The van der Waals surface area contributed by atoms with Crippen molar-refractivity contribution < 1.29 is 22.8 Å². The van der Waals surface area contributed by atoms with Gasteiger partial charge in [0.25, 0.3) is 5.91 Å². The molecule has 4 rings (SSSR count). The first-order chi connectivity index (χ1) is 20.3. The summed E-state index contributed by atoms with van der Waals surface area (Å²) in [4.78, 5) is 37.6. The molecule has 1 aliphatic rings. The van der Waals surface area contributed by atoms with Crippen molar-refractivity contribution in [2.75, 3.05) is 43.4 Å². The average molecular weight is 593 g/mol. The van der Waals surface area contributed by atoms with Crippen LogP contribution >= 0.6 is 0 Å². The van der Waals surface area contributed by atoms with Gasteiger partial charge in [0.1, 0.15) is 11.6 Å². The first-order valence-corrected chi connectivity index (χ1v) is 14.0. The number of amides is 2. The Morgan fingerprint density at radius 3 is 2.19 bits per heavy atom. The lowest BCUT2D eigenvalue weighted by molar-refractivity contribution is -0.138. The SMILES string of the molecule is CCN1CCN(Cc2ccc(C(=O)Nc3cc(C#Cc4ccc(NC(=O)C(C)(C)C)nc4)ccn3)cc2C(F)(F)F)CC1. The molecular weight excluding hydrogens is 557 g/mol. The number of halogens is 3. The molecule has 11 heteroatoms. The lowest BCUT2D eigenvalue weighted by Crippen LogP contribution is -2.45. The molecular formula is C32H35F3N6O2. The van der Waals surface area contributed by atoms with Crippen molar-refractivity contribution in [1.82, 2.24) is 19.8 Å². The largest absolute Gasteiger partial charge is 0.416 e. The smallest absolute Gasteiger partial charge is 0.310 e. The number of pyridine rings is 2. The van der Waals surface area contributed by atoms with Gasteiger partial charge in [-0.25, -0.2) is 9.97 Å². The highest BCUT2D eigenvalue weighted by Gasteiger charge is 2.34. The number of carbonyl (C=O) groups excluding carboxylic acids is 2. The number of piperazine rings is 1. The molecule has 0 atom stereocenters. The summed E-state index contributed by atoms with van der Waals surface area (Å²) < 4.78 is 41.9. The van der Waals surface area contributed by atoms with Crippen LogP contribution in [0.15, 0.2) is 54.9 Å². The molecule has 1 saturated heterocycles. The van der Waals surface area contributed by atoms with Gasteiger partial charge in [0.05, 0.1) is 5.56 Å². The van der Waals surface area contributed by atoms with Gasteiger partial charge in [-0.05, 0) is 48.5 Å². The molecule has 43 heavy (non-hydrogen) atoms. The normalized spacial score (nSPS) is 14.5. The Balaban J connectivity index is 1.43. The van der Waals surface area contributed by atoms with Crippen LogP contribution in [0.25, 0.3) is 0 Å². The van der Waals surface area contributed by atoms with Crippen LogP contribution in [0.3, 0.4) is 0 Å². The molecule has 1 fully saturated rings. The van der Waals surface area contributed by atoms with Crippen LogP contribution in [-0.2, 0) is 17.5 Å². The van der Waals surface area contributed by atoms with E-state index in [1.54, 1.807) is 39.0 Å². The zero-order chi connectivity index (χ0) is 31.2. The number of carbonyl (C=O) groups is 2. The fraction of sp³-hybridized carbons (Fsp3) is 0.375. The van der Waals surface area contributed by atoms with Crippen LogP contribution in [0.1, 0.15) is 60.3 Å². The molecule has 0 saturated carbocycles. The Bertz CT molecular complexity index is 1510. The molecule has 0 bridgehead atoms. The molecule has 0 spiro atoms. The van der Waals surface area contributed by atoms with Gasteiger partial charge in [0, 0.05) is 67.2 Å². The second-order valence-electron chi connectivity index (χ2n) is 11.4. The summed E-state index contributed by atoms with van der Waals surface area (Å²) in [7, 11) is 0. The number of nitrogens with zero attached hydrogens (tertiary/aromatic N) is 4. The van der Waals surface area contributed by atoms with E-state index in [0.717, 1.165) is 25.7 Å². The maximum Gasteiger partial charge on any atom is 0.416 e. The summed E-state index contributed by atoms with van der Waals surface area (Å²) in [6, 6.07) is 10.2. The highest BCUT2D eigenvalue weighted by Crippen LogP contribution is 2.33. The van der Waals surface area contributed by atoms with Crippen molar-refractivity contribution in [3.8, 4) is 11.8 Å². The van der Waals surface area contributed by atoms with Crippen LogP contribution in [0.2, 0.25) is 0 Å². The number of hydrogen-bond acceptors (Lipinski definition) is 6. The number of anilines is 2. The van der Waals surface area contributed by atoms with E-state index in [-0.39, 0.29) is 29.4 Å². The summed E-state index contributed by atoms with van der Waals surface area (Å²) in [5.74, 6) is 5.62. The molecule has 2 N–H and O–H groups in total. The van der Waals surface area contributed by atoms with Gasteiger partial charge in [0.2, 0.25) is 5.91 Å². The first kappa shape index (κ1) is 31.7. The number of rotatable bonds is 6. The fourth-order valence-corrected chi connectivity index (χ4v) is 4.38. The topological polar surface area (TPSA) is 90.5 Å². The predicted octanol–water partition coefficient (Wildman–Crippen LogP) is 5.27. The summed E-state index contributed by atoms with van der Waals surface area (Å²) in [6.45, 7) is 11.6. The number of likely N-dealkylation sites (N-methyl/N-ethyl adjacent to an activating group) is 1. The molecule has 3 heterocycles. The van der Waals surface area contributed by atoms with Crippen LogP contribution in [-0.4, -0.2) is 64.3 Å². The van der Waals surface area contributed by atoms with E-state index in [2.05, 4.69) is 44.3 Å². The van der Waals surface area contributed by atoms with Crippen LogP contribution < -0.4 is 10.6 Å². The third-order valence-electron chi connectivity index (χ3n) is 7.02. The first-order valence-electron chi connectivity index (χ1n) is 14.0. The highest BCUT2D eigenvalue weighted by atomic mass is 19.4. The molecule has 0 unspecified atom stereocenters. The van der Waals surface area contributed by atoms with Crippen molar-refractivity contribution in [1.29, 1.82) is 0 Å². The van der Waals surface area contributed by atoms with E-state index in [4.69, 9.17) is 0 Å². The van der Waals surface area contributed by atoms with Crippen molar-refractivity contribution in [3.63, 3.8) is 0 Å². The number of aromatic nitrogens is 2. The Morgan fingerprint density at radius 1 is 0.860 bits per heavy atom. The van der Waals surface area contributed by atoms with Crippen molar-refractivity contribution in [2.45, 2.75) is 40.4 Å². The van der Waals surface area contributed by atoms with E-state index < -0.39 is 23.1 Å². The standard InChI is InChI=1S/C32H35F3N6O2/c1-5-40-14-16-41(17-15-40)21-25-10-9-24(19-26(25)32(33,34)35)29(42)38-28-18-22(12-13-36-28)6-7-23-8-11-27(37-20-23)39-30(43)31(2,3)4/h8-13,18-20H,5,14-17,21H2,1-4H3,(H,36,38,42)(H,37,39,43). The van der Waals surface area contributed by atoms with Crippen LogP contribution in [0.4, 0.5) is 24.8 Å². The Morgan fingerprint density at radius 2 is 1.56 bits per heavy atom. The van der Waals surface area contributed by atoms with Crippen LogP contribution in [0, 0.1) is 17.3 Å². The van der Waals surface area contributed by atoms with E-state index >= 15 is 0 Å². The monoisotopic (exact) mass is 592 g/mol. The van der Waals surface area contributed by atoms with Gasteiger partial charge in [-0.1, -0.05) is 45.6 Å². The lowest BCUT2D eigenvalue weighted by Gasteiger charge is -2.34. The predicted molar refractivity (Wildman–Crippen MR) is 159 cm³/mol. The summed E-state index contributed by atoms with van der Waals surface area (Å²) in [5, 5.41) is 5.32. The molecule has 1 aromatic carbocycles. The second kappa shape index (κ2) is 13.4. The number of benzene rings is 1. The molecule has 2 amide bonds. The molecule has 226 valence electrons. The zero-order valence-electron chi connectivity index (χ0n) is 24.7. The number of alkyl halides is 3. The highest BCUT2D eigenvalue weighted by molar-refractivity contribution is 6.04. The van der Waals surface area contributed by atoms with Crippen molar-refractivity contribution in [3.05, 3.63) is 82.7 Å². The second-order valence-corrected chi connectivity index (χ2v) is 11.4. The number of nitrogens with one attached hydrogen (secondary N) is 2. The Labute approximate surface area is 249 Å². The summed E-state index contributed by atoms with van der Waals surface area (Å²) in [5.41, 5.74) is -0.210. The van der Waals surface area contributed by atoms with Gasteiger partial charge < -0.3 is 15.5 Å². The molecule has 0 radical (unpaired) electrons. The Hall–Kier alpha value is -4.27. The third-order valence-corrected chi connectivity index (χ3v) is 7.02. The van der Waals surface area contributed by atoms with Crippen LogP contribution in [0.5, 0.6) is 0 Å². The molecule has 3 aromatic rings. The van der Waals surface area contributed by atoms with Crippen molar-refractivity contribution >= 4 is 23.5 Å². The quantitative estimate of drug-likeness (QED) is 0.379. The molecule has 0 aliphatic carbocycles. The molecule has 8 nitrogen and oxygen atoms in total. The maximum absolute atomic E-state index is 14.0. The molecule has 1 aliphatic heterocycles. The van der Waals surface area contributed by atoms with Crippen molar-refractivity contribution in [2.24, 2.45) is 5.41 Å². The molecule has 2 aromatic heterocycles. The van der Waals surface area contributed by atoms with E-state index in [9.17, 15) is 22.8 Å². The third kappa shape index (κ3) is 8.86. The van der Waals surface area contributed by atoms with Gasteiger partial charge >= 0.3 is 6.18 Å². The van der Waals surface area contributed by atoms with E-state index in [1.165, 1.54) is 30.6 Å². The summed E-state index contributed by atoms with van der Waals surface area (Å²) >= 11 is 0. The maximum atomic E-state index is 14.0. The minimum absolute atomic E-state index is 0.116. The minimum atomic E-state index is -4.60. The van der Waals surface area contributed by atoms with Gasteiger partial charge in [-0.2, -0.15) is 13.2 Å². The van der Waals surface area contributed by atoms with E-state index in [0.29, 0.717) is 30.0 Å². The zero-order valence-corrected chi connectivity index (χ0v) is 24.7. The summed E-state index contributed by atoms with van der Waals surface area (Å²) in [6.07, 6.45) is -1.62. The fourth-order valence-electron chi connectivity index (χ4n) is 4.38. The van der Waals surface area contributed by atoms with E-state index in [1.807, 2.05) is 4.90 Å². The van der Waals surface area contributed by atoms with Gasteiger partial charge in [-0.3, -0.25) is 14.5 Å².